The number of hydrogen-bond donors (Lipinski definition) is 1. The summed E-state index contributed by atoms with van der Waals surface area (Å²) < 4.78 is 5.96. The number of rotatable bonds is 6. The number of aromatic nitrogens is 2. The molecular formula is C14H17BrN4O. The second-order valence-corrected chi connectivity index (χ2v) is 5.01. The maximum absolute atomic E-state index is 5.61. The molecule has 0 saturated heterocycles. The molecule has 0 saturated carbocycles. The molecule has 0 fully saturated rings. The van der Waals surface area contributed by atoms with Gasteiger partial charge in [0.05, 0.1) is 17.8 Å². The number of anilines is 2. The fourth-order valence-electron chi connectivity index (χ4n) is 1.82. The highest BCUT2D eigenvalue weighted by molar-refractivity contribution is 9.10. The third-order valence-electron chi connectivity index (χ3n) is 2.79. The normalized spacial score (nSPS) is 10.3. The van der Waals surface area contributed by atoms with Crippen LogP contribution in [0.15, 0.2) is 41.0 Å². The standard InChI is InChI=1S/C14H17BrN4O/c1-20-13-12(15)10-17-14(18-13)19(9-5-8-16)11-6-3-2-4-7-11/h2-4,6-7,10H,5,8-9,16H2,1H3. The van der Waals surface area contributed by atoms with Gasteiger partial charge in [-0.3, -0.25) is 0 Å². The number of halogens is 1. The van der Waals surface area contributed by atoms with E-state index < -0.39 is 0 Å². The first-order valence-electron chi connectivity index (χ1n) is 6.35. The van der Waals surface area contributed by atoms with Crippen molar-refractivity contribution in [1.82, 2.24) is 9.97 Å². The van der Waals surface area contributed by atoms with Gasteiger partial charge in [-0.15, -0.1) is 0 Å². The van der Waals surface area contributed by atoms with Gasteiger partial charge in [0.15, 0.2) is 0 Å². The van der Waals surface area contributed by atoms with E-state index in [1.54, 1.807) is 13.3 Å². The maximum Gasteiger partial charge on any atom is 0.233 e. The fraction of sp³-hybridized carbons (Fsp3) is 0.286. The number of para-hydroxylation sites is 1. The topological polar surface area (TPSA) is 64.3 Å². The largest absolute Gasteiger partial charge is 0.480 e. The Balaban J connectivity index is 2.36. The van der Waals surface area contributed by atoms with Gasteiger partial charge in [-0.05, 0) is 41.0 Å². The first kappa shape index (κ1) is 14.7. The van der Waals surface area contributed by atoms with Crippen LogP contribution < -0.4 is 15.4 Å². The minimum absolute atomic E-state index is 0.517. The maximum atomic E-state index is 5.61. The fourth-order valence-corrected chi connectivity index (χ4v) is 2.17. The van der Waals surface area contributed by atoms with E-state index >= 15 is 0 Å². The van der Waals surface area contributed by atoms with E-state index in [1.807, 2.05) is 35.2 Å². The summed E-state index contributed by atoms with van der Waals surface area (Å²) in [7, 11) is 1.59. The Morgan fingerprint density at radius 2 is 2.05 bits per heavy atom. The molecule has 1 aromatic carbocycles. The monoisotopic (exact) mass is 336 g/mol. The average molecular weight is 337 g/mol. The SMILES string of the molecule is COc1nc(N(CCCN)c2ccccc2)ncc1Br. The molecule has 0 bridgehead atoms. The molecular weight excluding hydrogens is 320 g/mol. The summed E-state index contributed by atoms with van der Waals surface area (Å²) >= 11 is 3.36. The van der Waals surface area contributed by atoms with Crippen LogP contribution in [0.3, 0.4) is 0 Å². The summed E-state index contributed by atoms with van der Waals surface area (Å²) in [6, 6.07) is 10.00. The van der Waals surface area contributed by atoms with Crippen molar-refractivity contribution in [1.29, 1.82) is 0 Å². The summed E-state index contributed by atoms with van der Waals surface area (Å²) in [6.07, 6.45) is 2.55. The van der Waals surface area contributed by atoms with Gasteiger partial charge in [0.25, 0.3) is 0 Å². The molecule has 0 spiro atoms. The van der Waals surface area contributed by atoms with Crippen LogP contribution >= 0.6 is 15.9 Å². The predicted molar refractivity (Wildman–Crippen MR) is 83.4 cm³/mol. The number of methoxy groups -OCH3 is 1. The van der Waals surface area contributed by atoms with Crippen LogP contribution in [0.2, 0.25) is 0 Å². The first-order chi connectivity index (χ1) is 9.76. The summed E-state index contributed by atoms with van der Waals surface area (Å²) in [5, 5.41) is 0. The average Bonchev–Trinajstić information content (AvgIpc) is 2.50. The van der Waals surface area contributed by atoms with Crippen molar-refractivity contribution in [2.24, 2.45) is 5.73 Å². The summed E-state index contributed by atoms with van der Waals surface area (Å²) in [6.45, 7) is 1.38. The lowest BCUT2D eigenvalue weighted by molar-refractivity contribution is 0.394. The Bertz CT molecular complexity index is 550. The molecule has 5 nitrogen and oxygen atoms in total. The third-order valence-corrected chi connectivity index (χ3v) is 3.33. The molecule has 106 valence electrons. The highest BCUT2D eigenvalue weighted by atomic mass is 79.9. The molecule has 1 aromatic heterocycles. The van der Waals surface area contributed by atoms with E-state index in [-0.39, 0.29) is 0 Å². The van der Waals surface area contributed by atoms with Crippen LogP contribution in [0.25, 0.3) is 0 Å². The predicted octanol–water partition coefficient (Wildman–Crippen LogP) is 2.73. The Hall–Kier alpha value is -1.66. The number of nitrogens with two attached hydrogens (primary N) is 1. The zero-order valence-corrected chi connectivity index (χ0v) is 12.9. The van der Waals surface area contributed by atoms with Gasteiger partial charge < -0.3 is 15.4 Å². The number of nitrogens with zero attached hydrogens (tertiary/aromatic N) is 3. The van der Waals surface area contributed by atoms with E-state index in [0.717, 1.165) is 23.1 Å². The molecule has 0 amide bonds. The molecule has 0 unspecified atom stereocenters. The molecule has 6 heteroatoms. The van der Waals surface area contributed by atoms with Gasteiger partial charge in [0.1, 0.15) is 0 Å². The van der Waals surface area contributed by atoms with Crippen molar-refractivity contribution in [3.8, 4) is 5.88 Å². The lowest BCUT2D eigenvalue weighted by Crippen LogP contribution is -2.23. The zero-order valence-electron chi connectivity index (χ0n) is 11.3. The Morgan fingerprint density at radius 1 is 1.30 bits per heavy atom. The Morgan fingerprint density at radius 3 is 2.70 bits per heavy atom. The molecule has 0 aliphatic carbocycles. The van der Waals surface area contributed by atoms with E-state index in [4.69, 9.17) is 10.5 Å². The Kier molecular flexibility index (Phi) is 5.31. The van der Waals surface area contributed by atoms with Crippen LogP contribution in [-0.4, -0.2) is 30.2 Å². The van der Waals surface area contributed by atoms with Crippen LogP contribution in [0.5, 0.6) is 5.88 Å². The van der Waals surface area contributed by atoms with Gasteiger partial charge in [-0.25, -0.2) is 4.98 Å². The van der Waals surface area contributed by atoms with Gasteiger partial charge in [0.2, 0.25) is 11.8 Å². The molecule has 0 radical (unpaired) electrons. The number of benzene rings is 1. The molecule has 0 aliphatic heterocycles. The van der Waals surface area contributed by atoms with E-state index in [2.05, 4.69) is 25.9 Å². The van der Waals surface area contributed by atoms with Crippen molar-refractivity contribution in [2.75, 3.05) is 25.1 Å². The second kappa shape index (κ2) is 7.21. The highest BCUT2D eigenvalue weighted by Crippen LogP contribution is 2.27. The summed E-state index contributed by atoms with van der Waals surface area (Å²) in [5.41, 5.74) is 6.65. The summed E-state index contributed by atoms with van der Waals surface area (Å²) in [5.74, 6) is 1.12. The van der Waals surface area contributed by atoms with Gasteiger partial charge in [0, 0.05) is 12.2 Å². The molecule has 0 aliphatic rings. The van der Waals surface area contributed by atoms with Crippen molar-refractivity contribution < 1.29 is 4.74 Å². The van der Waals surface area contributed by atoms with Crippen LogP contribution in [0.1, 0.15) is 6.42 Å². The molecule has 1 heterocycles. The van der Waals surface area contributed by atoms with Crippen molar-refractivity contribution in [3.05, 3.63) is 41.0 Å². The van der Waals surface area contributed by atoms with Crippen LogP contribution in [-0.2, 0) is 0 Å². The van der Waals surface area contributed by atoms with Gasteiger partial charge in [-0.2, -0.15) is 4.98 Å². The molecule has 2 N–H and O–H groups in total. The summed E-state index contributed by atoms with van der Waals surface area (Å²) in [4.78, 5) is 10.8. The highest BCUT2D eigenvalue weighted by Gasteiger charge is 2.14. The lowest BCUT2D eigenvalue weighted by atomic mass is 10.3. The van der Waals surface area contributed by atoms with Crippen LogP contribution in [0, 0.1) is 0 Å². The molecule has 2 aromatic rings. The number of hydrogen-bond acceptors (Lipinski definition) is 5. The molecule has 20 heavy (non-hydrogen) atoms. The van der Waals surface area contributed by atoms with E-state index in [1.165, 1.54) is 0 Å². The Labute approximate surface area is 126 Å². The van der Waals surface area contributed by atoms with Crippen molar-refractivity contribution >= 4 is 27.6 Å². The van der Waals surface area contributed by atoms with Gasteiger partial charge >= 0.3 is 0 Å². The zero-order chi connectivity index (χ0) is 14.4. The first-order valence-corrected chi connectivity index (χ1v) is 7.14. The molecule has 0 atom stereocenters. The molecule has 2 rings (SSSR count). The second-order valence-electron chi connectivity index (χ2n) is 4.16. The van der Waals surface area contributed by atoms with Crippen molar-refractivity contribution in [2.45, 2.75) is 6.42 Å². The minimum Gasteiger partial charge on any atom is -0.480 e. The van der Waals surface area contributed by atoms with Gasteiger partial charge in [-0.1, -0.05) is 18.2 Å². The van der Waals surface area contributed by atoms with Crippen LogP contribution in [0.4, 0.5) is 11.6 Å². The minimum atomic E-state index is 0.517. The van der Waals surface area contributed by atoms with E-state index in [0.29, 0.717) is 18.4 Å². The van der Waals surface area contributed by atoms with Crippen molar-refractivity contribution in [3.63, 3.8) is 0 Å². The lowest BCUT2D eigenvalue weighted by Gasteiger charge is -2.22. The third kappa shape index (κ3) is 3.46. The van der Waals surface area contributed by atoms with E-state index in [9.17, 15) is 0 Å². The number of ether oxygens (including phenoxy) is 1. The quantitative estimate of drug-likeness (QED) is 0.878. The smallest absolute Gasteiger partial charge is 0.233 e.